The molecule has 2 unspecified atom stereocenters. The van der Waals surface area contributed by atoms with Gasteiger partial charge in [-0.15, -0.1) is 0 Å². The van der Waals surface area contributed by atoms with E-state index in [1.54, 1.807) is 0 Å². The highest BCUT2D eigenvalue weighted by molar-refractivity contribution is 4.75. The van der Waals surface area contributed by atoms with Crippen LogP contribution in [0.1, 0.15) is 47.0 Å². The molecule has 1 nitrogen and oxygen atoms in total. The van der Waals surface area contributed by atoms with Crippen molar-refractivity contribution in [3.8, 4) is 0 Å². The van der Waals surface area contributed by atoms with Crippen LogP contribution < -0.4 is 5.73 Å². The predicted molar refractivity (Wildman–Crippen MR) is 53.6 cm³/mol. The Hall–Kier alpha value is -0.0400. The molecule has 2 atom stereocenters. The lowest BCUT2D eigenvalue weighted by Gasteiger charge is -2.32. The van der Waals surface area contributed by atoms with E-state index in [0.29, 0.717) is 0 Å². The van der Waals surface area contributed by atoms with Gasteiger partial charge in [0.1, 0.15) is 0 Å². The average molecular weight is 159 g/mol. The molecular weight excluding hydrogens is 134 g/mol. The summed E-state index contributed by atoms with van der Waals surface area (Å²) < 4.78 is 0. The van der Waals surface area contributed by atoms with Crippen molar-refractivity contribution in [1.29, 1.82) is 0 Å². The highest BCUT2D eigenvalue weighted by atomic mass is 14.4. The third kappa shape index (κ3) is 5.25. The standard InChI is InChI=1S/C7H14.C2H6.CH5N/c1-3-7-5-4-6(7)2;2*1-2/h6-7H,3-5H2,1-2H3;1-2H3;2H2,1H3. The van der Waals surface area contributed by atoms with E-state index < -0.39 is 0 Å². The van der Waals surface area contributed by atoms with E-state index in [9.17, 15) is 0 Å². The molecule has 0 aromatic rings. The van der Waals surface area contributed by atoms with Crippen LogP contribution in [0.2, 0.25) is 0 Å². The smallest absolute Gasteiger partial charge is 0.0195 e. The molecule has 0 spiro atoms. The summed E-state index contributed by atoms with van der Waals surface area (Å²) in [5.41, 5.74) is 4.50. The maximum Gasteiger partial charge on any atom is -0.0195 e. The number of hydrogen-bond donors (Lipinski definition) is 1. The first-order valence-corrected chi connectivity index (χ1v) is 4.92. The van der Waals surface area contributed by atoms with Crippen LogP contribution in [-0.2, 0) is 0 Å². The molecule has 1 aliphatic rings. The lowest BCUT2D eigenvalue weighted by atomic mass is 9.74. The van der Waals surface area contributed by atoms with Crippen LogP contribution in [0.25, 0.3) is 0 Å². The normalized spacial score (nSPS) is 26.7. The molecule has 0 aromatic heterocycles. The molecule has 0 heterocycles. The summed E-state index contributed by atoms with van der Waals surface area (Å²) in [5, 5.41) is 0. The highest BCUT2D eigenvalue weighted by Gasteiger charge is 2.23. The van der Waals surface area contributed by atoms with Gasteiger partial charge in [0.15, 0.2) is 0 Å². The van der Waals surface area contributed by atoms with E-state index in [1.165, 1.54) is 26.3 Å². The number of hydrogen-bond acceptors (Lipinski definition) is 1. The van der Waals surface area contributed by atoms with E-state index in [-0.39, 0.29) is 0 Å². The Kier molecular flexibility index (Phi) is 12.3. The van der Waals surface area contributed by atoms with E-state index in [2.05, 4.69) is 19.6 Å². The Morgan fingerprint density at radius 2 is 1.64 bits per heavy atom. The second kappa shape index (κ2) is 9.96. The quantitative estimate of drug-likeness (QED) is 0.625. The molecule has 1 fully saturated rings. The van der Waals surface area contributed by atoms with Crippen molar-refractivity contribution in [1.82, 2.24) is 0 Å². The van der Waals surface area contributed by atoms with Gasteiger partial charge in [-0.1, -0.05) is 40.5 Å². The fourth-order valence-electron chi connectivity index (χ4n) is 1.34. The monoisotopic (exact) mass is 159 g/mol. The molecule has 0 amide bonds. The summed E-state index contributed by atoms with van der Waals surface area (Å²) in [5.74, 6) is 2.13. The lowest BCUT2D eigenvalue weighted by molar-refractivity contribution is 0.190. The summed E-state index contributed by atoms with van der Waals surface area (Å²) in [4.78, 5) is 0. The minimum atomic E-state index is 1.05. The SMILES string of the molecule is CC.CCC1CCC1C.CN. The third-order valence-corrected chi connectivity index (χ3v) is 2.32. The van der Waals surface area contributed by atoms with Crippen molar-refractivity contribution in [3.05, 3.63) is 0 Å². The molecule has 70 valence electrons. The van der Waals surface area contributed by atoms with Gasteiger partial charge in [-0.2, -0.15) is 0 Å². The molecule has 1 saturated carbocycles. The zero-order chi connectivity index (χ0) is 9.28. The van der Waals surface area contributed by atoms with Crippen molar-refractivity contribution >= 4 is 0 Å². The van der Waals surface area contributed by atoms with Crippen LogP contribution in [0.4, 0.5) is 0 Å². The Balaban J connectivity index is 0. The Morgan fingerprint density at radius 1 is 1.18 bits per heavy atom. The van der Waals surface area contributed by atoms with Crippen molar-refractivity contribution in [2.45, 2.75) is 47.0 Å². The number of nitrogens with two attached hydrogens (primary N) is 1. The van der Waals surface area contributed by atoms with Crippen molar-refractivity contribution < 1.29 is 0 Å². The van der Waals surface area contributed by atoms with Crippen LogP contribution in [0, 0.1) is 11.8 Å². The highest BCUT2D eigenvalue weighted by Crippen LogP contribution is 2.35. The van der Waals surface area contributed by atoms with Gasteiger partial charge in [0.25, 0.3) is 0 Å². The Labute approximate surface area is 72.4 Å². The molecule has 0 aromatic carbocycles. The fraction of sp³-hybridized carbons (Fsp3) is 1.00. The molecule has 2 N–H and O–H groups in total. The molecule has 0 saturated heterocycles. The summed E-state index contributed by atoms with van der Waals surface area (Å²) in [6.07, 6.45) is 4.39. The van der Waals surface area contributed by atoms with Gasteiger partial charge in [-0.3, -0.25) is 0 Å². The molecule has 0 aliphatic heterocycles. The van der Waals surface area contributed by atoms with Gasteiger partial charge in [-0.25, -0.2) is 0 Å². The molecule has 0 radical (unpaired) electrons. The van der Waals surface area contributed by atoms with Crippen LogP contribution in [-0.4, -0.2) is 7.05 Å². The lowest BCUT2D eigenvalue weighted by Crippen LogP contribution is -2.21. The molecule has 0 bridgehead atoms. The van der Waals surface area contributed by atoms with Crippen LogP contribution in [0.3, 0.4) is 0 Å². The van der Waals surface area contributed by atoms with Crippen molar-refractivity contribution in [2.75, 3.05) is 7.05 Å². The minimum Gasteiger partial charge on any atom is -0.333 e. The molecular formula is C10H25N. The van der Waals surface area contributed by atoms with Crippen molar-refractivity contribution in [2.24, 2.45) is 17.6 Å². The molecule has 11 heavy (non-hydrogen) atoms. The van der Waals surface area contributed by atoms with Crippen LogP contribution >= 0.6 is 0 Å². The Bertz CT molecular complexity index is 59.9. The first kappa shape index (κ1) is 13.5. The third-order valence-electron chi connectivity index (χ3n) is 2.32. The topological polar surface area (TPSA) is 26.0 Å². The summed E-state index contributed by atoms with van der Waals surface area (Å²) >= 11 is 0. The second-order valence-electron chi connectivity index (χ2n) is 2.72. The zero-order valence-corrected chi connectivity index (χ0v) is 8.85. The van der Waals surface area contributed by atoms with Gasteiger partial charge < -0.3 is 5.73 Å². The van der Waals surface area contributed by atoms with Crippen molar-refractivity contribution in [3.63, 3.8) is 0 Å². The first-order valence-electron chi connectivity index (χ1n) is 4.92. The summed E-state index contributed by atoms with van der Waals surface area (Å²) in [7, 11) is 1.50. The maximum atomic E-state index is 4.50. The van der Waals surface area contributed by atoms with E-state index in [4.69, 9.17) is 0 Å². The Morgan fingerprint density at radius 3 is 1.64 bits per heavy atom. The molecule has 1 rings (SSSR count). The fourth-order valence-corrected chi connectivity index (χ4v) is 1.34. The summed E-state index contributed by atoms with van der Waals surface area (Å²) in [6.45, 7) is 8.65. The van der Waals surface area contributed by atoms with Gasteiger partial charge >= 0.3 is 0 Å². The van der Waals surface area contributed by atoms with Gasteiger partial charge in [0.05, 0.1) is 0 Å². The molecule has 1 heteroatoms. The van der Waals surface area contributed by atoms with Crippen LogP contribution in [0.15, 0.2) is 0 Å². The largest absolute Gasteiger partial charge is 0.333 e. The van der Waals surface area contributed by atoms with E-state index in [0.717, 1.165) is 11.8 Å². The minimum absolute atomic E-state index is 1.05. The second-order valence-corrected chi connectivity index (χ2v) is 2.72. The maximum absolute atomic E-state index is 4.50. The first-order chi connectivity index (χ1) is 5.34. The predicted octanol–water partition coefficient (Wildman–Crippen LogP) is 3.04. The van der Waals surface area contributed by atoms with E-state index in [1.807, 2.05) is 13.8 Å². The van der Waals surface area contributed by atoms with Gasteiger partial charge in [0.2, 0.25) is 0 Å². The zero-order valence-electron chi connectivity index (χ0n) is 8.85. The summed E-state index contributed by atoms with van der Waals surface area (Å²) in [6, 6.07) is 0. The molecule has 1 aliphatic carbocycles. The number of rotatable bonds is 1. The average Bonchev–Trinajstić information content (AvgIpc) is 2.10. The van der Waals surface area contributed by atoms with Gasteiger partial charge in [0, 0.05) is 0 Å². The van der Waals surface area contributed by atoms with Gasteiger partial charge in [-0.05, 0) is 25.3 Å². The van der Waals surface area contributed by atoms with E-state index >= 15 is 0 Å². The van der Waals surface area contributed by atoms with Crippen LogP contribution in [0.5, 0.6) is 0 Å².